The largest absolute Gasteiger partial charge is 0.490 e. The minimum absolute atomic E-state index is 0. The van der Waals surface area contributed by atoms with Gasteiger partial charge in [0.25, 0.3) is 0 Å². The van der Waals surface area contributed by atoms with Crippen molar-refractivity contribution in [3.8, 4) is 5.75 Å². The van der Waals surface area contributed by atoms with E-state index in [1.54, 1.807) is 0 Å². The number of aryl methyl sites for hydroxylation is 1. The molecule has 0 radical (unpaired) electrons. The predicted molar refractivity (Wildman–Crippen MR) is 96.2 cm³/mol. The SMILES string of the molecule is CC(N)CCNC(=O)CCc1cccc(OC2CCCC2)c1.Cl. The van der Waals surface area contributed by atoms with E-state index in [1.165, 1.54) is 12.8 Å². The van der Waals surface area contributed by atoms with E-state index in [0.29, 0.717) is 19.1 Å². The lowest BCUT2D eigenvalue weighted by atomic mass is 10.1. The van der Waals surface area contributed by atoms with Crippen LogP contribution in [0.25, 0.3) is 0 Å². The van der Waals surface area contributed by atoms with E-state index in [0.717, 1.165) is 37.0 Å². The number of rotatable bonds is 8. The van der Waals surface area contributed by atoms with Crippen LogP contribution in [0.5, 0.6) is 5.75 Å². The van der Waals surface area contributed by atoms with Gasteiger partial charge in [0.2, 0.25) is 5.91 Å². The Balaban J connectivity index is 0.00000264. The molecule has 1 saturated carbocycles. The lowest BCUT2D eigenvalue weighted by Gasteiger charge is -2.14. The Hall–Kier alpha value is -1.26. The molecule has 1 aliphatic carbocycles. The van der Waals surface area contributed by atoms with Crippen LogP contribution in [0.4, 0.5) is 0 Å². The third kappa shape index (κ3) is 7.71. The topological polar surface area (TPSA) is 64.3 Å². The number of hydrogen-bond donors (Lipinski definition) is 2. The highest BCUT2D eigenvalue weighted by molar-refractivity contribution is 5.85. The standard InChI is InChI=1S/C18H28N2O2.ClH/c1-14(19)11-12-20-18(21)10-9-15-5-4-8-17(13-15)22-16-6-2-3-7-16;/h4-5,8,13-14,16H,2-3,6-7,9-12,19H2,1H3,(H,20,21);1H. The van der Waals surface area contributed by atoms with E-state index in [9.17, 15) is 4.79 Å². The molecule has 1 aliphatic rings. The highest BCUT2D eigenvalue weighted by Gasteiger charge is 2.16. The number of ether oxygens (including phenoxy) is 1. The summed E-state index contributed by atoms with van der Waals surface area (Å²) in [6, 6.07) is 8.26. The number of amides is 1. The van der Waals surface area contributed by atoms with Crippen molar-refractivity contribution in [1.29, 1.82) is 0 Å². The first-order valence-corrected chi connectivity index (χ1v) is 8.41. The molecule has 0 aliphatic heterocycles. The molecule has 0 spiro atoms. The van der Waals surface area contributed by atoms with Crippen LogP contribution in [0.1, 0.15) is 51.0 Å². The van der Waals surface area contributed by atoms with Crippen molar-refractivity contribution in [3.63, 3.8) is 0 Å². The van der Waals surface area contributed by atoms with E-state index in [1.807, 2.05) is 19.1 Å². The fourth-order valence-corrected chi connectivity index (χ4v) is 2.76. The van der Waals surface area contributed by atoms with Crippen molar-refractivity contribution in [3.05, 3.63) is 29.8 Å². The fraction of sp³-hybridized carbons (Fsp3) is 0.611. The summed E-state index contributed by atoms with van der Waals surface area (Å²) in [5, 5.41) is 2.91. The third-order valence-corrected chi connectivity index (χ3v) is 4.07. The monoisotopic (exact) mass is 340 g/mol. The van der Waals surface area contributed by atoms with E-state index in [-0.39, 0.29) is 24.4 Å². The minimum Gasteiger partial charge on any atom is -0.490 e. The van der Waals surface area contributed by atoms with Gasteiger partial charge in [0.05, 0.1) is 6.10 Å². The lowest BCUT2D eigenvalue weighted by molar-refractivity contribution is -0.121. The van der Waals surface area contributed by atoms with Crippen molar-refractivity contribution in [1.82, 2.24) is 5.32 Å². The van der Waals surface area contributed by atoms with Gasteiger partial charge in [-0.15, -0.1) is 12.4 Å². The third-order valence-electron chi connectivity index (χ3n) is 4.07. The van der Waals surface area contributed by atoms with Crippen molar-refractivity contribution < 1.29 is 9.53 Å². The Morgan fingerprint density at radius 3 is 2.83 bits per heavy atom. The Labute approximate surface area is 145 Å². The van der Waals surface area contributed by atoms with Gasteiger partial charge in [-0.25, -0.2) is 0 Å². The van der Waals surface area contributed by atoms with Crippen LogP contribution in [0, 0.1) is 0 Å². The van der Waals surface area contributed by atoms with Crippen molar-refractivity contribution in [2.75, 3.05) is 6.54 Å². The van der Waals surface area contributed by atoms with Crippen LogP contribution < -0.4 is 15.8 Å². The van der Waals surface area contributed by atoms with Crippen molar-refractivity contribution in [2.45, 2.75) is 64.0 Å². The molecule has 5 heteroatoms. The maximum atomic E-state index is 11.8. The number of nitrogens with two attached hydrogens (primary N) is 1. The van der Waals surface area contributed by atoms with Crippen LogP contribution >= 0.6 is 12.4 Å². The number of halogens is 1. The highest BCUT2D eigenvalue weighted by Crippen LogP contribution is 2.24. The average Bonchev–Trinajstić information content (AvgIpc) is 2.98. The molecule has 1 unspecified atom stereocenters. The summed E-state index contributed by atoms with van der Waals surface area (Å²) in [6.07, 6.45) is 7.29. The number of hydrogen-bond acceptors (Lipinski definition) is 3. The number of benzene rings is 1. The molecule has 1 aromatic rings. The van der Waals surface area contributed by atoms with Gasteiger partial charge in [-0.1, -0.05) is 12.1 Å². The Morgan fingerprint density at radius 2 is 2.13 bits per heavy atom. The van der Waals surface area contributed by atoms with E-state index < -0.39 is 0 Å². The zero-order chi connectivity index (χ0) is 15.8. The summed E-state index contributed by atoms with van der Waals surface area (Å²) in [6.45, 7) is 2.60. The van der Waals surface area contributed by atoms with Gasteiger partial charge >= 0.3 is 0 Å². The molecule has 1 amide bonds. The number of nitrogens with one attached hydrogen (secondary N) is 1. The first-order chi connectivity index (χ1) is 10.6. The molecule has 130 valence electrons. The Kier molecular flexibility index (Phi) is 9.03. The van der Waals surface area contributed by atoms with Crippen LogP contribution in [-0.4, -0.2) is 24.6 Å². The van der Waals surface area contributed by atoms with Gasteiger partial charge in [0, 0.05) is 19.0 Å². The van der Waals surface area contributed by atoms with Crippen molar-refractivity contribution >= 4 is 18.3 Å². The molecular weight excluding hydrogens is 312 g/mol. The number of carbonyl (C=O) groups is 1. The van der Waals surface area contributed by atoms with Crippen LogP contribution in [-0.2, 0) is 11.2 Å². The molecule has 0 aromatic heterocycles. The molecule has 1 aromatic carbocycles. The van der Waals surface area contributed by atoms with E-state index >= 15 is 0 Å². The van der Waals surface area contributed by atoms with Gasteiger partial charge in [0.1, 0.15) is 5.75 Å². The quantitative estimate of drug-likeness (QED) is 0.763. The smallest absolute Gasteiger partial charge is 0.220 e. The van der Waals surface area contributed by atoms with Gasteiger partial charge in [-0.2, -0.15) is 0 Å². The minimum atomic E-state index is 0. The highest BCUT2D eigenvalue weighted by atomic mass is 35.5. The maximum Gasteiger partial charge on any atom is 0.220 e. The summed E-state index contributed by atoms with van der Waals surface area (Å²) in [5.41, 5.74) is 6.81. The molecule has 2 rings (SSSR count). The summed E-state index contributed by atoms with van der Waals surface area (Å²) in [5.74, 6) is 1.02. The summed E-state index contributed by atoms with van der Waals surface area (Å²) in [7, 11) is 0. The molecule has 0 bridgehead atoms. The normalized spacial score (nSPS) is 15.7. The summed E-state index contributed by atoms with van der Waals surface area (Å²) >= 11 is 0. The molecule has 0 heterocycles. The summed E-state index contributed by atoms with van der Waals surface area (Å²) in [4.78, 5) is 11.8. The molecule has 23 heavy (non-hydrogen) atoms. The van der Waals surface area contributed by atoms with Gasteiger partial charge in [0.15, 0.2) is 0 Å². The second-order valence-electron chi connectivity index (χ2n) is 6.29. The van der Waals surface area contributed by atoms with Crippen molar-refractivity contribution in [2.24, 2.45) is 5.73 Å². The maximum absolute atomic E-state index is 11.8. The first kappa shape index (κ1) is 19.8. The second-order valence-corrected chi connectivity index (χ2v) is 6.29. The zero-order valence-corrected chi connectivity index (χ0v) is 14.7. The van der Waals surface area contributed by atoms with Gasteiger partial charge in [-0.05, 0) is 63.1 Å². The van der Waals surface area contributed by atoms with Gasteiger partial charge < -0.3 is 15.8 Å². The molecule has 3 N–H and O–H groups in total. The molecule has 1 fully saturated rings. The Bertz CT molecular complexity index is 474. The van der Waals surface area contributed by atoms with Crippen LogP contribution in [0.3, 0.4) is 0 Å². The molecular formula is C18H29ClN2O2. The van der Waals surface area contributed by atoms with E-state index in [4.69, 9.17) is 10.5 Å². The number of carbonyl (C=O) groups excluding carboxylic acids is 1. The molecule has 1 atom stereocenters. The zero-order valence-electron chi connectivity index (χ0n) is 13.9. The van der Waals surface area contributed by atoms with Crippen LogP contribution in [0.2, 0.25) is 0 Å². The molecule has 4 nitrogen and oxygen atoms in total. The average molecular weight is 341 g/mol. The van der Waals surface area contributed by atoms with E-state index in [2.05, 4.69) is 17.4 Å². The van der Waals surface area contributed by atoms with Gasteiger partial charge in [-0.3, -0.25) is 4.79 Å². The Morgan fingerprint density at radius 1 is 1.39 bits per heavy atom. The first-order valence-electron chi connectivity index (χ1n) is 8.41. The molecule has 0 saturated heterocycles. The lowest BCUT2D eigenvalue weighted by Crippen LogP contribution is -2.29. The predicted octanol–water partition coefficient (Wildman–Crippen LogP) is 3.22. The van der Waals surface area contributed by atoms with Crippen LogP contribution in [0.15, 0.2) is 24.3 Å². The fourth-order valence-electron chi connectivity index (χ4n) is 2.76. The second kappa shape index (κ2) is 10.5. The summed E-state index contributed by atoms with van der Waals surface area (Å²) < 4.78 is 6.00.